The van der Waals surface area contributed by atoms with Crippen molar-refractivity contribution < 1.29 is 51.2 Å². The second-order valence-corrected chi connectivity index (χ2v) is 12.9. The number of hydrogen-bond donors (Lipinski definition) is 0. The fourth-order valence-electron chi connectivity index (χ4n) is 4.22. The van der Waals surface area contributed by atoms with E-state index in [0.29, 0.717) is 17.1 Å². The van der Waals surface area contributed by atoms with Crippen LogP contribution in [0.4, 0.5) is 22.8 Å². The van der Waals surface area contributed by atoms with E-state index in [4.69, 9.17) is 23.7 Å². The predicted octanol–water partition coefficient (Wildman–Crippen LogP) is 6.41. The zero-order valence-electron chi connectivity index (χ0n) is 25.9. The monoisotopic (exact) mass is 603 g/mol. The van der Waals surface area contributed by atoms with Crippen molar-refractivity contribution in [1.82, 2.24) is 4.90 Å². The quantitative estimate of drug-likeness (QED) is 0.272. The number of esters is 1. The van der Waals surface area contributed by atoms with Gasteiger partial charge in [0.2, 0.25) is 0 Å². The molecule has 0 saturated carbocycles. The minimum Gasteiger partial charge on any atom is -0.458 e. The molecule has 0 unspecified atom stereocenters. The lowest BCUT2D eigenvalue weighted by molar-refractivity contribution is -0.164. The van der Waals surface area contributed by atoms with Gasteiger partial charge in [0.05, 0.1) is 24.9 Å². The molecule has 12 heteroatoms. The fourth-order valence-corrected chi connectivity index (χ4v) is 4.22. The van der Waals surface area contributed by atoms with Gasteiger partial charge in [0.15, 0.2) is 6.04 Å². The van der Waals surface area contributed by atoms with Crippen molar-refractivity contribution in [3.8, 4) is 0 Å². The number of carbonyl (C=O) groups excluding carboxylic acids is 3. The van der Waals surface area contributed by atoms with Crippen LogP contribution in [0.15, 0.2) is 24.3 Å². The molecule has 4 atom stereocenters. The van der Waals surface area contributed by atoms with Crippen LogP contribution < -0.4 is 0 Å². The fraction of sp³-hybridized carbons (Fsp3) is 0.700. The molecular weight excluding hydrogens is 559 g/mol. The molecule has 0 N–H and O–H groups in total. The molecule has 238 valence electrons. The van der Waals surface area contributed by atoms with E-state index in [0.717, 1.165) is 12.1 Å². The van der Waals surface area contributed by atoms with E-state index in [1.807, 2.05) is 13.8 Å². The SMILES string of the molecule is CC(C)CO[C@@H]1[C@@H](Cc2ccc(C(F)(F)F)cc2)COC[C@H](N(C(=O)OC(C)(C)C)C(=O)OC(C)(C)C)C(=O)O[C@H]1C. The van der Waals surface area contributed by atoms with E-state index < -0.39 is 71.9 Å². The zero-order chi connectivity index (χ0) is 32.0. The van der Waals surface area contributed by atoms with E-state index >= 15 is 0 Å². The Hall–Kier alpha value is -2.86. The number of cyclic esters (lactones) is 1. The number of benzene rings is 1. The van der Waals surface area contributed by atoms with Crippen LogP contribution >= 0.6 is 0 Å². The Kier molecular flexibility index (Phi) is 11.8. The maximum absolute atomic E-state index is 13.5. The van der Waals surface area contributed by atoms with Crippen LogP contribution in [0.25, 0.3) is 0 Å². The second kappa shape index (κ2) is 14.1. The minimum absolute atomic E-state index is 0.00224. The number of imide groups is 1. The molecule has 9 nitrogen and oxygen atoms in total. The maximum Gasteiger partial charge on any atom is 0.420 e. The lowest BCUT2D eigenvalue weighted by Crippen LogP contribution is -2.54. The first kappa shape index (κ1) is 35.3. The number of rotatable bonds is 6. The van der Waals surface area contributed by atoms with Crippen molar-refractivity contribution in [2.75, 3.05) is 19.8 Å². The highest BCUT2D eigenvalue weighted by atomic mass is 19.4. The molecule has 1 aromatic carbocycles. The smallest absolute Gasteiger partial charge is 0.420 e. The van der Waals surface area contributed by atoms with E-state index in [-0.39, 0.29) is 18.9 Å². The van der Waals surface area contributed by atoms with Gasteiger partial charge in [-0.1, -0.05) is 26.0 Å². The van der Waals surface area contributed by atoms with Crippen molar-refractivity contribution in [3.05, 3.63) is 35.4 Å². The van der Waals surface area contributed by atoms with Gasteiger partial charge in [-0.05, 0) is 78.5 Å². The molecular formula is C30H44F3NO8. The van der Waals surface area contributed by atoms with E-state index in [1.165, 1.54) is 12.1 Å². The van der Waals surface area contributed by atoms with Crippen molar-refractivity contribution in [2.45, 2.75) is 104 Å². The van der Waals surface area contributed by atoms with Crippen molar-refractivity contribution in [1.29, 1.82) is 0 Å². The number of halogens is 3. The van der Waals surface area contributed by atoms with Gasteiger partial charge in [0.25, 0.3) is 0 Å². The second-order valence-electron chi connectivity index (χ2n) is 12.9. The van der Waals surface area contributed by atoms with Crippen LogP contribution in [0.2, 0.25) is 0 Å². The molecule has 0 aromatic heterocycles. The van der Waals surface area contributed by atoms with Crippen LogP contribution in [0.5, 0.6) is 0 Å². The Morgan fingerprint density at radius 1 is 0.952 bits per heavy atom. The third-order valence-corrected chi connectivity index (χ3v) is 6.00. The first-order chi connectivity index (χ1) is 19.2. The predicted molar refractivity (Wildman–Crippen MR) is 148 cm³/mol. The van der Waals surface area contributed by atoms with Crippen molar-refractivity contribution in [2.24, 2.45) is 11.8 Å². The normalized spacial score (nSPS) is 22.5. The number of amides is 2. The largest absolute Gasteiger partial charge is 0.458 e. The zero-order valence-corrected chi connectivity index (χ0v) is 25.9. The Labute approximate surface area is 245 Å². The average Bonchev–Trinajstić information content (AvgIpc) is 2.84. The highest BCUT2D eigenvalue weighted by molar-refractivity contribution is 5.94. The van der Waals surface area contributed by atoms with Crippen LogP contribution in [-0.4, -0.2) is 72.3 Å². The average molecular weight is 604 g/mol. The van der Waals surface area contributed by atoms with Gasteiger partial charge >= 0.3 is 24.3 Å². The first-order valence-electron chi connectivity index (χ1n) is 14.0. The summed E-state index contributed by atoms with van der Waals surface area (Å²) in [6, 6.07) is 3.26. The van der Waals surface area contributed by atoms with Gasteiger partial charge < -0.3 is 23.7 Å². The summed E-state index contributed by atoms with van der Waals surface area (Å²) in [7, 11) is 0. The Balaban J connectivity index is 2.42. The Morgan fingerprint density at radius 2 is 1.48 bits per heavy atom. The van der Waals surface area contributed by atoms with Crippen molar-refractivity contribution in [3.63, 3.8) is 0 Å². The summed E-state index contributed by atoms with van der Waals surface area (Å²) < 4.78 is 67.9. The molecule has 0 spiro atoms. The number of carbonyl (C=O) groups is 3. The minimum atomic E-state index is -4.46. The summed E-state index contributed by atoms with van der Waals surface area (Å²) in [4.78, 5) is 40.4. The topological polar surface area (TPSA) is 101 Å². The summed E-state index contributed by atoms with van der Waals surface area (Å²) in [6.07, 6.45) is -7.98. The molecule has 2 amide bonds. The summed E-state index contributed by atoms with van der Waals surface area (Å²) in [5.74, 6) is -1.23. The van der Waals surface area contributed by atoms with Crippen molar-refractivity contribution >= 4 is 18.2 Å². The number of nitrogens with zero attached hydrogens (tertiary/aromatic N) is 1. The summed E-state index contributed by atoms with van der Waals surface area (Å²) in [5, 5.41) is 0. The molecule has 1 aromatic rings. The summed E-state index contributed by atoms with van der Waals surface area (Å²) >= 11 is 0. The standard InChI is InChI=1S/C30H44F3NO8/c1-18(2)15-39-24-19(3)40-25(35)23(34(26(36)41-28(4,5)6)27(37)42-29(7,8)9)17-38-16-21(24)14-20-10-12-22(13-11-20)30(31,32)33/h10-13,18-19,21,23-24H,14-17H2,1-9H3/t19-,21-,23-,24-/m0/s1. The van der Waals surface area contributed by atoms with Crippen LogP contribution in [-0.2, 0) is 41.1 Å². The Bertz CT molecular complexity index is 1030. The number of hydrogen-bond acceptors (Lipinski definition) is 8. The lowest BCUT2D eigenvalue weighted by Gasteiger charge is -2.33. The summed E-state index contributed by atoms with van der Waals surface area (Å²) in [5.41, 5.74) is -2.14. The van der Waals surface area contributed by atoms with E-state index in [2.05, 4.69) is 0 Å². The summed E-state index contributed by atoms with van der Waals surface area (Å²) in [6.45, 7) is 15.1. The van der Waals surface area contributed by atoms with E-state index in [9.17, 15) is 27.6 Å². The van der Waals surface area contributed by atoms with Gasteiger partial charge in [-0.3, -0.25) is 0 Å². The highest BCUT2D eigenvalue weighted by Gasteiger charge is 2.44. The van der Waals surface area contributed by atoms with Crippen LogP contribution in [0, 0.1) is 11.8 Å². The van der Waals surface area contributed by atoms with Gasteiger partial charge in [0, 0.05) is 12.5 Å². The molecule has 1 aliphatic rings. The Morgan fingerprint density at radius 3 is 1.93 bits per heavy atom. The molecule has 1 heterocycles. The van der Waals surface area contributed by atoms with Crippen LogP contribution in [0.3, 0.4) is 0 Å². The molecule has 0 aliphatic carbocycles. The molecule has 1 saturated heterocycles. The van der Waals surface area contributed by atoms with Gasteiger partial charge in [-0.2, -0.15) is 18.1 Å². The molecule has 1 aliphatic heterocycles. The number of alkyl halides is 3. The number of ether oxygens (including phenoxy) is 5. The van der Waals surface area contributed by atoms with Gasteiger partial charge in [0.1, 0.15) is 17.3 Å². The maximum atomic E-state index is 13.5. The first-order valence-corrected chi connectivity index (χ1v) is 14.0. The van der Waals surface area contributed by atoms with Crippen LogP contribution in [0.1, 0.15) is 73.4 Å². The van der Waals surface area contributed by atoms with E-state index in [1.54, 1.807) is 48.5 Å². The molecule has 0 bridgehead atoms. The third kappa shape index (κ3) is 11.1. The van der Waals surface area contributed by atoms with Gasteiger partial charge in [-0.25, -0.2) is 14.4 Å². The molecule has 0 radical (unpaired) electrons. The molecule has 42 heavy (non-hydrogen) atoms. The molecule has 1 fully saturated rings. The molecule has 2 rings (SSSR count). The lowest BCUT2D eigenvalue weighted by atomic mass is 9.91. The highest BCUT2D eigenvalue weighted by Crippen LogP contribution is 2.30. The van der Waals surface area contributed by atoms with Gasteiger partial charge in [-0.15, -0.1) is 0 Å². The third-order valence-electron chi connectivity index (χ3n) is 6.00.